The quantitative estimate of drug-likeness (QED) is 0.200. The molecule has 2 heterocycles. The summed E-state index contributed by atoms with van der Waals surface area (Å²) in [7, 11) is 0. The maximum atomic E-state index is 13.6. The third-order valence-corrected chi connectivity index (χ3v) is 8.78. The summed E-state index contributed by atoms with van der Waals surface area (Å²) < 4.78 is 10.9. The van der Waals surface area contributed by atoms with Gasteiger partial charge in [0.05, 0.1) is 17.8 Å². The summed E-state index contributed by atoms with van der Waals surface area (Å²) in [5.74, 6) is 1.81. The number of nitrogens with zero attached hydrogens (tertiary/aromatic N) is 2. The van der Waals surface area contributed by atoms with Crippen LogP contribution in [0.1, 0.15) is 47.7 Å². The van der Waals surface area contributed by atoms with Gasteiger partial charge in [0.15, 0.2) is 11.5 Å². The van der Waals surface area contributed by atoms with Gasteiger partial charge in [0.2, 0.25) is 12.7 Å². The minimum atomic E-state index is -0.0826. The van der Waals surface area contributed by atoms with E-state index >= 15 is 0 Å². The molecule has 0 atom stereocenters. The molecule has 46 heavy (non-hydrogen) atoms. The van der Waals surface area contributed by atoms with Gasteiger partial charge in [-0.1, -0.05) is 61.5 Å². The van der Waals surface area contributed by atoms with Crippen molar-refractivity contribution in [3.8, 4) is 22.6 Å². The zero-order valence-electron chi connectivity index (χ0n) is 26.4. The van der Waals surface area contributed by atoms with Crippen molar-refractivity contribution in [2.24, 2.45) is 11.7 Å². The molecular formula is C38H42N4O4. The highest BCUT2D eigenvalue weighted by Gasteiger charge is 2.22. The summed E-state index contributed by atoms with van der Waals surface area (Å²) >= 11 is 0. The smallest absolute Gasteiger partial charge is 0.254 e. The number of carbonyl (C=O) groups is 2. The van der Waals surface area contributed by atoms with Gasteiger partial charge in [-0.05, 0) is 90.4 Å². The Morgan fingerprint density at radius 1 is 0.870 bits per heavy atom. The normalized spacial score (nSPS) is 14.3. The minimum absolute atomic E-state index is 0.0405. The average molecular weight is 619 g/mol. The third-order valence-electron chi connectivity index (χ3n) is 8.78. The first kappa shape index (κ1) is 31.2. The largest absolute Gasteiger partial charge is 0.454 e. The Kier molecular flexibility index (Phi) is 9.84. The summed E-state index contributed by atoms with van der Waals surface area (Å²) in [5, 5.41) is 3.23. The van der Waals surface area contributed by atoms with Gasteiger partial charge in [-0.3, -0.25) is 9.59 Å². The van der Waals surface area contributed by atoms with E-state index in [4.69, 9.17) is 15.2 Å². The Morgan fingerprint density at radius 2 is 1.63 bits per heavy atom. The van der Waals surface area contributed by atoms with Crippen molar-refractivity contribution in [3.63, 3.8) is 0 Å². The van der Waals surface area contributed by atoms with E-state index in [-0.39, 0.29) is 18.6 Å². The Labute approximate surface area is 271 Å². The number of amides is 2. The molecule has 8 heteroatoms. The standard InChI is InChI=1S/C38H42N4O4/c1-27-15-19-41(20-16-27)34-13-11-31(23-33(34)40-37(43)22-28-7-3-2-4-8-28)30-10-5-9-29(21-30)25-42(18-6-17-39)38(44)32-12-14-35-36(24-32)46-26-45-35/h2-5,7-14,21,23-24,27H,6,15-20,22,25-26,39H2,1H3,(H,40,43). The Bertz CT molecular complexity index is 1670. The molecule has 0 aliphatic carbocycles. The summed E-state index contributed by atoms with van der Waals surface area (Å²) in [5.41, 5.74) is 12.3. The fourth-order valence-electron chi connectivity index (χ4n) is 6.13. The predicted molar refractivity (Wildman–Crippen MR) is 182 cm³/mol. The number of anilines is 2. The lowest BCUT2D eigenvalue weighted by molar-refractivity contribution is -0.115. The Morgan fingerprint density at radius 3 is 2.43 bits per heavy atom. The number of hydrogen-bond donors (Lipinski definition) is 2. The number of ether oxygens (including phenoxy) is 2. The minimum Gasteiger partial charge on any atom is -0.454 e. The average Bonchev–Trinajstić information content (AvgIpc) is 3.55. The lowest BCUT2D eigenvalue weighted by Crippen LogP contribution is -2.33. The second-order valence-electron chi connectivity index (χ2n) is 12.2. The van der Waals surface area contributed by atoms with E-state index in [1.165, 1.54) is 0 Å². The lowest BCUT2D eigenvalue weighted by Gasteiger charge is -2.33. The fraction of sp³-hybridized carbons (Fsp3) is 0.316. The van der Waals surface area contributed by atoms with Crippen molar-refractivity contribution in [1.29, 1.82) is 0 Å². The maximum absolute atomic E-state index is 13.6. The van der Waals surface area contributed by atoms with Crippen molar-refractivity contribution < 1.29 is 19.1 Å². The molecule has 0 saturated carbocycles. The fourth-order valence-corrected chi connectivity index (χ4v) is 6.13. The SMILES string of the molecule is CC1CCN(c2ccc(-c3cccc(CN(CCCN)C(=O)c4ccc5c(c4)OCO5)c3)cc2NC(=O)Cc2ccccc2)CC1. The Hall–Kier alpha value is -4.82. The molecule has 0 unspecified atom stereocenters. The molecule has 0 aromatic heterocycles. The van der Waals surface area contributed by atoms with E-state index in [2.05, 4.69) is 47.5 Å². The van der Waals surface area contributed by atoms with Crippen molar-refractivity contribution in [3.05, 3.63) is 108 Å². The molecule has 238 valence electrons. The summed E-state index contributed by atoms with van der Waals surface area (Å²) in [6, 6.07) is 29.7. The van der Waals surface area contributed by atoms with Crippen LogP contribution in [0.25, 0.3) is 11.1 Å². The van der Waals surface area contributed by atoms with Crippen LogP contribution in [0.4, 0.5) is 11.4 Å². The number of fused-ring (bicyclic) bond motifs is 1. The van der Waals surface area contributed by atoms with Crippen LogP contribution in [0.5, 0.6) is 11.5 Å². The van der Waals surface area contributed by atoms with Crippen LogP contribution in [0.3, 0.4) is 0 Å². The van der Waals surface area contributed by atoms with Crippen LogP contribution < -0.4 is 25.4 Å². The van der Waals surface area contributed by atoms with E-state index in [0.29, 0.717) is 55.5 Å². The van der Waals surface area contributed by atoms with E-state index in [1.54, 1.807) is 18.2 Å². The van der Waals surface area contributed by atoms with Gasteiger partial charge in [0, 0.05) is 31.7 Å². The molecule has 4 aromatic carbocycles. The summed E-state index contributed by atoms with van der Waals surface area (Å²) in [4.78, 5) is 31.1. The third kappa shape index (κ3) is 7.51. The van der Waals surface area contributed by atoms with E-state index in [9.17, 15) is 9.59 Å². The van der Waals surface area contributed by atoms with Crippen molar-refractivity contribution in [1.82, 2.24) is 4.90 Å². The van der Waals surface area contributed by atoms with Crippen LogP contribution in [-0.4, -0.2) is 49.7 Å². The monoisotopic (exact) mass is 618 g/mol. The molecular weight excluding hydrogens is 576 g/mol. The molecule has 0 spiro atoms. The summed E-state index contributed by atoms with van der Waals surface area (Å²) in [6.45, 7) is 5.86. The highest BCUT2D eigenvalue weighted by molar-refractivity contribution is 5.97. The molecule has 0 radical (unpaired) electrons. The molecule has 2 amide bonds. The van der Waals surface area contributed by atoms with Gasteiger partial charge in [-0.2, -0.15) is 0 Å². The highest BCUT2D eigenvalue weighted by atomic mass is 16.7. The van der Waals surface area contributed by atoms with Crippen molar-refractivity contribution >= 4 is 23.2 Å². The van der Waals surface area contributed by atoms with Crippen LogP contribution in [0.2, 0.25) is 0 Å². The summed E-state index contributed by atoms with van der Waals surface area (Å²) in [6.07, 6.45) is 3.27. The van der Waals surface area contributed by atoms with Crippen LogP contribution in [-0.2, 0) is 17.8 Å². The van der Waals surface area contributed by atoms with E-state index < -0.39 is 0 Å². The molecule has 4 aromatic rings. The maximum Gasteiger partial charge on any atom is 0.254 e. The molecule has 6 rings (SSSR count). The molecule has 2 aliphatic heterocycles. The number of benzene rings is 4. The topological polar surface area (TPSA) is 97.1 Å². The first-order chi connectivity index (χ1) is 22.5. The van der Waals surface area contributed by atoms with E-state index in [1.807, 2.05) is 47.4 Å². The Balaban J connectivity index is 1.25. The predicted octanol–water partition coefficient (Wildman–Crippen LogP) is 6.49. The molecule has 3 N–H and O–H groups in total. The second kappa shape index (κ2) is 14.5. The number of nitrogens with one attached hydrogen (secondary N) is 1. The molecule has 1 saturated heterocycles. The number of hydrogen-bond acceptors (Lipinski definition) is 6. The number of nitrogens with two attached hydrogens (primary N) is 1. The number of piperidine rings is 1. The van der Waals surface area contributed by atoms with Crippen LogP contribution in [0.15, 0.2) is 91.0 Å². The van der Waals surface area contributed by atoms with Gasteiger partial charge in [0.25, 0.3) is 5.91 Å². The molecule has 1 fully saturated rings. The first-order valence-corrected chi connectivity index (χ1v) is 16.2. The first-order valence-electron chi connectivity index (χ1n) is 16.2. The van der Waals surface area contributed by atoms with Crippen LogP contribution >= 0.6 is 0 Å². The molecule has 0 bridgehead atoms. The lowest BCUT2D eigenvalue weighted by atomic mass is 9.97. The van der Waals surface area contributed by atoms with Gasteiger partial charge in [-0.15, -0.1) is 0 Å². The second-order valence-corrected chi connectivity index (χ2v) is 12.2. The zero-order valence-corrected chi connectivity index (χ0v) is 26.4. The zero-order chi connectivity index (χ0) is 31.9. The van der Waals surface area contributed by atoms with Gasteiger partial charge in [0.1, 0.15) is 0 Å². The number of carbonyl (C=O) groups excluding carboxylic acids is 2. The number of rotatable bonds is 11. The van der Waals surface area contributed by atoms with Gasteiger partial charge < -0.3 is 30.3 Å². The van der Waals surface area contributed by atoms with Crippen LogP contribution in [0, 0.1) is 5.92 Å². The van der Waals surface area contributed by atoms with Crippen molar-refractivity contribution in [2.45, 2.75) is 39.2 Å². The van der Waals surface area contributed by atoms with Crippen molar-refractivity contribution in [2.75, 3.05) is 43.2 Å². The van der Waals surface area contributed by atoms with Gasteiger partial charge in [-0.25, -0.2) is 0 Å². The highest BCUT2D eigenvalue weighted by Crippen LogP contribution is 2.35. The van der Waals surface area contributed by atoms with Gasteiger partial charge >= 0.3 is 0 Å². The van der Waals surface area contributed by atoms with E-state index in [0.717, 1.165) is 59.6 Å². The molecule has 8 nitrogen and oxygen atoms in total. The molecule has 2 aliphatic rings.